The van der Waals surface area contributed by atoms with Crippen LogP contribution in [0.2, 0.25) is 0 Å². The number of hydrogen-bond acceptors (Lipinski definition) is 6. The van der Waals surface area contributed by atoms with E-state index in [1.165, 1.54) is 12.1 Å². The largest absolute Gasteiger partial charge is 0.490 e. The van der Waals surface area contributed by atoms with Crippen LogP contribution in [0.15, 0.2) is 59.4 Å². The molecule has 38 heavy (non-hydrogen) atoms. The third-order valence-electron chi connectivity index (χ3n) is 6.59. The lowest BCUT2D eigenvalue weighted by molar-refractivity contribution is 0.244. The molecule has 2 heterocycles. The van der Waals surface area contributed by atoms with Gasteiger partial charge in [0.15, 0.2) is 5.43 Å². The molecule has 192 valence electrons. The molecule has 0 radical (unpaired) electrons. The molecule has 0 saturated heterocycles. The smallest absolute Gasteiger partial charge is 0.488 e. The molecule has 10 heteroatoms. The number of rotatable bonds is 6. The number of nitriles is 1. The highest BCUT2D eigenvalue weighted by Gasteiger charge is 2.29. The lowest BCUT2D eigenvalue weighted by Gasteiger charge is -2.19. The van der Waals surface area contributed by atoms with Gasteiger partial charge in [-0.1, -0.05) is 22.1 Å². The van der Waals surface area contributed by atoms with Gasteiger partial charge in [0.25, 0.3) is 0 Å². The zero-order valence-electron chi connectivity index (χ0n) is 20.5. The Kier molecular flexibility index (Phi) is 5.43. The second-order valence-corrected chi connectivity index (χ2v) is 10.6. The van der Waals surface area contributed by atoms with Crippen molar-refractivity contribution >= 4 is 43.3 Å². The fourth-order valence-electron chi connectivity index (χ4n) is 4.99. The average Bonchev–Trinajstić information content (AvgIpc) is 3.62. The van der Waals surface area contributed by atoms with Crippen LogP contribution < -0.4 is 14.3 Å². The van der Waals surface area contributed by atoms with Gasteiger partial charge >= 0.3 is 10.5 Å². The maximum absolute atomic E-state index is 13.9. The van der Waals surface area contributed by atoms with Crippen LogP contribution in [-0.2, 0) is 10.5 Å². The average molecular weight is 532 g/mol. The number of halogens is 1. The molecule has 1 fully saturated rings. The van der Waals surface area contributed by atoms with Gasteiger partial charge in [0.2, 0.25) is 0 Å². The van der Waals surface area contributed by atoms with Crippen molar-refractivity contribution in [1.82, 2.24) is 9.55 Å². The monoisotopic (exact) mass is 531 g/mol. The molecule has 8 nitrogen and oxygen atoms in total. The molecule has 1 N–H and O–H groups in total. The van der Waals surface area contributed by atoms with Crippen molar-refractivity contribution in [3.8, 4) is 28.7 Å². The fraction of sp³-hybridized carbons (Fsp3) is 0.214. The number of aromatic amines is 1. The Morgan fingerprint density at radius 2 is 1.89 bits per heavy atom. The zero-order valence-corrected chi connectivity index (χ0v) is 21.3. The second kappa shape index (κ2) is 8.60. The molecule has 6 rings (SSSR count). The first-order chi connectivity index (χ1) is 18.1. The van der Waals surface area contributed by atoms with Crippen LogP contribution in [-0.4, -0.2) is 24.1 Å². The highest BCUT2D eigenvalue weighted by molar-refractivity contribution is 7.81. The summed E-state index contributed by atoms with van der Waals surface area (Å²) >= 11 is 0. The van der Waals surface area contributed by atoms with Gasteiger partial charge in [0.1, 0.15) is 17.1 Å². The Morgan fingerprint density at radius 3 is 2.58 bits per heavy atom. The van der Waals surface area contributed by atoms with Crippen LogP contribution in [0.4, 0.5) is 3.89 Å². The van der Waals surface area contributed by atoms with Gasteiger partial charge < -0.3 is 18.5 Å². The standard InChI is InChI=1S/C28H22FN3O5S/c1-15(2)36-25-13-22-24(12-21(25)17-4-3-5-19(11-17)37-38(29,34)35)32(18-7-8-18)28-26(27(22)33)20-9-6-16(14-30)10-23(20)31-28/h3-6,9-13,15,18,31H,7-8H2,1-2H3. The van der Waals surface area contributed by atoms with E-state index in [0.717, 1.165) is 18.2 Å². The number of hydrogen-bond donors (Lipinski definition) is 1. The Labute approximate surface area is 217 Å². The number of H-pyrrole nitrogens is 1. The van der Waals surface area contributed by atoms with Crippen molar-refractivity contribution in [2.75, 3.05) is 0 Å². The molecule has 0 bridgehead atoms. The zero-order chi connectivity index (χ0) is 26.8. The van der Waals surface area contributed by atoms with Crippen LogP contribution in [0, 0.1) is 11.3 Å². The first-order valence-electron chi connectivity index (χ1n) is 12.1. The molecule has 5 aromatic rings. The molecule has 0 aliphatic heterocycles. The van der Waals surface area contributed by atoms with E-state index < -0.39 is 10.5 Å². The minimum atomic E-state index is -5.20. The predicted octanol–water partition coefficient (Wildman–Crippen LogP) is 5.89. The molecule has 0 unspecified atom stereocenters. The highest BCUT2D eigenvalue weighted by atomic mass is 32.3. The molecular weight excluding hydrogens is 509 g/mol. The van der Waals surface area contributed by atoms with Gasteiger partial charge in [-0.25, -0.2) is 0 Å². The van der Waals surface area contributed by atoms with Crippen molar-refractivity contribution in [2.24, 2.45) is 0 Å². The number of pyridine rings is 1. The van der Waals surface area contributed by atoms with Gasteiger partial charge in [-0.2, -0.15) is 13.7 Å². The van der Waals surface area contributed by atoms with E-state index in [1.807, 2.05) is 19.9 Å². The first-order valence-corrected chi connectivity index (χ1v) is 13.4. The number of ether oxygens (including phenoxy) is 1. The highest BCUT2D eigenvalue weighted by Crippen LogP contribution is 2.43. The van der Waals surface area contributed by atoms with E-state index in [0.29, 0.717) is 49.9 Å². The summed E-state index contributed by atoms with van der Waals surface area (Å²) in [6.07, 6.45) is 1.68. The molecule has 1 saturated carbocycles. The summed E-state index contributed by atoms with van der Waals surface area (Å²) < 4.78 is 48.0. The van der Waals surface area contributed by atoms with E-state index in [4.69, 9.17) is 4.74 Å². The molecule has 3 aromatic carbocycles. The van der Waals surface area contributed by atoms with Crippen molar-refractivity contribution in [2.45, 2.75) is 38.8 Å². The molecule has 0 amide bonds. The number of fused-ring (bicyclic) bond motifs is 4. The third kappa shape index (κ3) is 4.15. The normalized spacial score (nSPS) is 13.9. The summed E-state index contributed by atoms with van der Waals surface area (Å²) in [6.45, 7) is 3.72. The third-order valence-corrected chi connectivity index (χ3v) is 6.98. The van der Waals surface area contributed by atoms with E-state index >= 15 is 0 Å². The minimum Gasteiger partial charge on any atom is -0.490 e. The number of aromatic nitrogens is 2. The van der Waals surface area contributed by atoms with Gasteiger partial charge in [0.05, 0.1) is 34.0 Å². The summed E-state index contributed by atoms with van der Waals surface area (Å²) in [4.78, 5) is 17.3. The van der Waals surface area contributed by atoms with Crippen LogP contribution >= 0.6 is 0 Å². The predicted molar refractivity (Wildman–Crippen MR) is 142 cm³/mol. The fourth-order valence-corrected chi connectivity index (χ4v) is 5.32. The van der Waals surface area contributed by atoms with Crippen LogP contribution in [0.5, 0.6) is 11.5 Å². The van der Waals surface area contributed by atoms with E-state index in [1.54, 1.807) is 36.4 Å². The second-order valence-electron chi connectivity index (χ2n) is 9.69. The quantitative estimate of drug-likeness (QED) is 0.273. The molecule has 0 atom stereocenters. The molecule has 1 aliphatic rings. The van der Waals surface area contributed by atoms with Gasteiger partial charge in [-0.3, -0.25) is 4.79 Å². The summed E-state index contributed by atoms with van der Waals surface area (Å²) in [6, 6.07) is 17.2. The topological polar surface area (TPSA) is 114 Å². The SMILES string of the molecule is CC(C)Oc1cc2c(=O)c3c4ccc(C#N)cc4[nH]c3n(C3CC3)c2cc1-c1cccc(OS(=O)(=O)F)c1. The Morgan fingerprint density at radius 1 is 1.11 bits per heavy atom. The Hall–Kier alpha value is -4.36. The Bertz CT molecular complexity index is 1980. The van der Waals surface area contributed by atoms with Crippen molar-refractivity contribution in [3.05, 3.63) is 70.4 Å². The molecule has 1 aliphatic carbocycles. The molecular formula is C28H22FN3O5S. The molecule has 2 aromatic heterocycles. The van der Waals surface area contributed by atoms with Crippen LogP contribution in [0.3, 0.4) is 0 Å². The summed E-state index contributed by atoms with van der Waals surface area (Å²) in [5, 5.41) is 11.1. The van der Waals surface area contributed by atoms with Crippen LogP contribution in [0.25, 0.3) is 44.0 Å². The van der Waals surface area contributed by atoms with E-state index in [-0.39, 0.29) is 23.3 Å². The van der Waals surface area contributed by atoms with Crippen molar-refractivity contribution in [1.29, 1.82) is 5.26 Å². The Balaban J connectivity index is 1.69. The number of benzene rings is 3. The summed E-state index contributed by atoms with van der Waals surface area (Å²) in [5.74, 6) is 0.248. The van der Waals surface area contributed by atoms with Gasteiger partial charge in [-0.15, -0.1) is 0 Å². The van der Waals surface area contributed by atoms with E-state index in [9.17, 15) is 22.4 Å². The lowest BCUT2D eigenvalue weighted by Crippen LogP contribution is -2.12. The van der Waals surface area contributed by atoms with Crippen molar-refractivity contribution < 1.29 is 21.2 Å². The van der Waals surface area contributed by atoms with Crippen molar-refractivity contribution in [3.63, 3.8) is 0 Å². The summed E-state index contributed by atoms with van der Waals surface area (Å²) in [5.41, 5.74) is 3.54. The first kappa shape index (κ1) is 24.0. The summed E-state index contributed by atoms with van der Waals surface area (Å²) in [7, 11) is -5.20. The number of nitrogens with zero attached hydrogens (tertiary/aromatic N) is 2. The number of nitrogens with one attached hydrogen (secondary N) is 1. The maximum atomic E-state index is 13.9. The van der Waals surface area contributed by atoms with E-state index in [2.05, 4.69) is 19.8 Å². The molecule has 0 spiro atoms. The van der Waals surface area contributed by atoms with Gasteiger partial charge in [0, 0.05) is 22.5 Å². The van der Waals surface area contributed by atoms with Gasteiger partial charge in [-0.05, 0) is 68.7 Å². The van der Waals surface area contributed by atoms with Crippen LogP contribution in [0.1, 0.15) is 38.3 Å². The lowest BCUT2D eigenvalue weighted by atomic mass is 10.0. The maximum Gasteiger partial charge on any atom is 0.488 e. The minimum absolute atomic E-state index is 0.163.